The minimum atomic E-state index is -0.522. The first-order chi connectivity index (χ1) is 8.13. The monoisotopic (exact) mass is 238 g/mol. The van der Waals surface area contributed by atoms with Crippen LogP contribution in [0, 0.1) is 0 Å². The molecule has 17 heavy (non-hydrogen) atoms. The third kappa shape index (κ3) is 4.56. The molecule has 0 amide bonds. The molecule has 0 saturated heterocycles. The van der Waals surface area contributed by atoms with Crippen LogP contribution >= 0.6 is 0 Å². The maximum atomic E-state index is 11.1. The van der Waals surface area contributed by atoms with Crippen molar-refractivity contribution in [1.82, 2.24) is 0 Å². The Hall–Kier alpha value is -2.01. The lowest BCUT2D eigenvalue weighted by Crippen LogP contribution is -2.03. The first-order valence-electron chi connectivity index (χ1n) is 5.11. The Morgan fingerprint density at radius 3 is 2.71 bits per heavy atom. The van der Waals surface area contributed by atoms with Gasteiger partial charge in [0.1, 0.15) is 0 Å². The topological polar surface area (TPSA) is 87.0 Å². The van der Waals surface area contributed by atoms with Crippen molar-refractivity contribution in [2.75, 3.05) is 13.2 Å². The lowest BCUT2D eigenvalue weighted by molar-refractivity contribution is -0.137. The minimum Gasteiger partial charge on any atom is -0.504 e. The van der Waals surface area contributed by atoms with E-state index in [9.17, 15) is 9.90 Å². The second-order valence-electron chi connectivity index (χ2n) is 3.33. The van der Waals surface area contributed by atoms with E-state index in [0.717, 1.165) is 0 Å². The first-order valence-corrected chi connectivity index (χ1v) is 5.11. The van der Waals surface area contributed by atoms with Crippen LogP contribution in [0.5, 0.6) is 11.5 Å². The number of esters is 1. The summed E-state index contributed by atoms with van der Waals surface area (Å²) in [4.78, 5) is 11.1. The predicted molar refractivity (Wildman–Crippen MR) is 61.5 cm³/mol. The summed E-state index contributed by atoms with van der Waals surface area (Å²) in [5.74, 6) is -0.987. The number of benzene rings is 1. The van der Waals surface area contributed by atoms with Gasteiger partial charge in [0.05, 0.1) is 6.61 Å². The summed E-state index contributed by atoms with van der Waals surface area (Å²) in [5, 5.41) is 26.8. The third-order valence-corrected chi connectivity index (χ3v) is 1.96. The molecule has 92 valence electrons. The lowest BCUT2D eigenvalue weighted by Gasteiger charge is -2.00. The summed E-state index contributed by atoms with van der Waals surface area (Å²) in [7, 11) is 0. The number of aliphatic hydroxyl groups is 1. The number of phenolic OH excluding ortho intramolecular Hbond substituents is 2. The number of ether oxygens (including phenoxy) is 1. The molecule has 0 aliphatic rings. The number of aromatic hydroxyl groups is 2. The van der Waals surface area contributed by atoms with Gasteiger partial charge in [0.15, 0.2) is 11.5 Å². The van der Waals surface area contributed by atoms with Crippen molar-refractivity contribution in [2.45, 2.75) is 6.42 Å². The van der Waals surface area contributed by atoms with Gasteiger partial charge in [0.2, 0.25) is 0 Å². The van der Waals surface area contributed by atoms with Gasteiger partial charge in [-0.1, -0.05) is 6.07 Å². The van der Waals surface area contributed by atoms with E-state index in [1.54, 1.807) is 6.07 Å². The van der Waals surface area contributed by atoms with E-state index < -0.39 is 5.97 Å². The minimum absolute atomic E-state index is 0.0250. The molecule has 1 aromatic rings. The zero-order chi connectivity index (χ0) is 12.7. The number of hydrogen-bond donors (Lipinski definition) is 3. The van der Waals surface area contributed by atoms with E-state index in [1.165, 1.54) is 24.3 Å². The lowest BCUT2D eigenvalue weighted by atomic mass is 10.2. The normalized spacial score (nSPS) is 10.6. The molecule has 0 aliphatic carbocycles. The smallest absolute Gasteiger partial charge is 0.330 e. The maximum Gasteiger partial charge on any atom is 0.330 e. The van der Waals surface area contributed by atoms with Gasteiger partial charge in [0.25, 0.3) is 0 Å². The summed E-state index contributed by atoms with van der Waals surface area (Å²) in [6, 6.07) is 4.20. The molecule has 0 aromatic heterocycles. The second-order valence-corrected chi connectivity index (χ2v) is 3.33. The SMILES string of the molecule is O=C(C=Cc1ccc(O)c(O)c1)OCCCO. The van der Waals surface area contributed by atoms with Crippen LogP contribution < -0.4 is 0 Å². The molecule has 0 radical (unpaired) electrons. The molecule has 0 atom stereocenters. The number of aliphatic hydroxyl groups excluding tert-OH is 1. The molecule has 0 bridgehead atoms. The van der Waals surface area contributed by atoms with Crippen molar-refractivity contribution in [3.8, 4) is 11.5 Å². The first kappa shape index (κ1) is 13.1. The van der Waals surface area contributed by atoms with Crippen LogP contribution in [-0.4, -0.2) is 34.5 Å². The highest BCUT2D eigenvalue weighted by atomic mass is 16.5. The average Bonchev–Trinajstić information content (AvgIpc) is 2.31. The fourth-order valence-electron chi connectivity index (χ4n) is 1.09. The third-order valence-electron chi connectivity index (χ3n) is 1.96. The Morgan fingerprint density at radius 1 is 1.29 bits per heavy atom. The summed E-state index contributed by atoms with van der Waals surface area (Å²) >= 11 is 0. The van der Waals surface area contributed by atoms with E-state index in [1.807, 2.05) is 0 Å². The van der Waals surface area contributed by atoms with Gasteiger partial charge in [-0.05, 0) is 23.8 Å². The maximum absolute atomic E-state index is 11.1. The van der Waals surface area contributed by atoms with E-state index in [2.05, 4.69) is 0 Å². The second kappa shape index (κ2) is 6.55. The zero-order valence-electron chi connectivity index (χ0n) is 9.17. The van der Waals surface area contributed by atoms with Crippen molar-refractivity contribution < 1.29 is 24.9 Å². The molecule has 1 rings (SSSR count). The van der Waals surface area contributed by atoms with Crippen molar-refractivity contribution in [1.29, 1.82) is 0 Å². The van der Waals surface area contributed by atoms with Gasteiger partial charge in [0, 0.05) is 19.1 Å². The molecule has 0 heterocycles. The Morgan fingerprint density at radius 2 is 2.06 bits per heavy atom. The molecule has 5 nitrogen and oxygen atoms in total. The molecule has 0 unspecified atom stereocenters. The Labute approximate surface area is 98.6 Å². The number of hydrogen-bond acceptors (Lipinski definition) is 5. The average molecular weight is 238 g/mol. The van der Waals surface area contributed by atoms with Gasteiger partial charge < -0.3 is 20.1 Å². The number of rotatable bonds is 5. The molecular formula is C12H14O5. The number of carbonyl (C=O) groups excluding carboxylic acids is 1. The van der Waals surface area contributed by atoms with Crippen LogP contribution in [0.2, 0.25) is 0 Å². The highest BCUT2D eigenvalue weighted by Crippen LogP contribution is 2.25. The molecule has 1 aromatic carbocycles. The Balaban J connectivity index is 2.52. The quantitative estimate of drug-likeness (QED) is 0.309. The summed E-state index contributed by atoms with van der Waals surface area (Å²) in [6.45, 7) is 0.142. The van der Waals surface area contributed by atoms with E-state index in [0.29, 0.717) is 12.0 Å². The van der Waals surface area contributed by atoms with E-state index >= 15 is 0 Å². The van der Waals surface area contributed by atoms with Gasteiger partial charge in [-0.15, -0.1) is 0 Å². The number of carbonyl (C=O) groups is 1. The van der Waals surface area contributed by atoms with Crippen LogP contribution in [-0.2, 0) is 9.53 Å². The highest BCUT2D eigenvalue weighted by Gasteiger charge is 1.99. The van der Waals surface area contributed by atoms with Crippen LogP contribution in [0.1, 0.15) is 12.0 Å². The van der Waals surface area contributed by atoms with Gasteiger partial charge in [-0.25, -0.2) is 4.79 Å². The van der Waals surface area contributed by atoms with Crippen molar-refractivity contribution in [3.05, 3.63) is 29.8 Å². The fourth-order valence-corrected chi connectivity index (χ4v) is 1.09. The Kier molecular flexibility index (Phi) is 5.03. The van der Waals surface area contributed by atoms with Gasteiger partial charge >= 0.3 is 5.97 Å². The van der Waals surface area contributed by atoms with Crippen LogP contribution in [0.3, 0.4) is 0 Å². The molecule has 0 spiro atoms. The summed E-state index contributed by atoms with van der Waals surface area (Å²) < 4.78 is 4.76. The van der Waals surface area contributed by atoms with Crippen LogP contribution in [0.25, 0.3) is 6.08 Å². The standard InChI is InChI=1S/C12H14O5/c13-6-1-7-17-12(16)5-3-9-2-4-10(14)11(15)8-9/h2-5,8,13-15H,1,6-7H2. The fraction of sp³-hybridized carbons (Fsp3) is 0.250. The summed E-state index contributed by atoms with van der Waals surface area (Å²) in [6.07, 6.45) is 3.07. The molecule has 3 N–H and O–H groups in total. The number of phenols is 2. The van der Waals surface area contributed by atoms with Crippen molar-refractivity contribution in [2.24, 2.45) is 0 Å². The van der Waals surface area contributed by atoms with Gasteiger partial charge in [-0.3, -0.25) is 0 Å². The van der Waals surface area contributed by atoms with Crippen LogP contribution in [0.15, 0.2) is 24.3 Å². The highest BCUT2D eigenvalue weighted by molar-refractivity contribution is 5.87. The van der Waals surface area contributed by atoms with E-state index in [-0.39, 0.29) is 24.7 Å². The Bertz CT molecular complexity index is 411. The van der Waals surface area contributed by atoms with Crippen LogP contribution in [0.4, 0.5) is 0 Å². The van der Waals surface area contributed by atoms with E-state index in [4.69, 9.17) is 14.9 Å². The van der Waals surface area contributed by atoms with Crippen molar-refractivity contribution >= 4 is 12.0 Å². The zero-order valence-corrected chi connectivity index (χ0v) is 9.17. The molecule has 0 fully saturated rings. The van der Waals surface area contributed by atoms with Crippen molar-refractivity contribution in [3.63, 3.8) is 0 Å². The largest absolute Gasteiger partial charge is 0.504 e. The summed E-state index contributed by atoms with van der Waals surface area (Å²) in [5.41, 5.74) is 0.569. The molecule has 0 aliphatic heterocycles. The molecule has 0 saturated carbocycles. The molecule has 5 heteroatoms. The molecular weight excluding hydrogens is 224 g/mol. The van der Waals surface area contributed by atoms with Gasteiger partial charge in [-0.2, -0.15) is 0 Å². The predicted octanol–water partition coefficient (Wildman–Crippen LogP) is 1.04.